The maximum absolute atomic E-state index is 13.6. The smallest absolute Gasteiger partial charge is 0.317 e. The van der Waals surface area contributed by atoms with Crippen LogP contribution in [-0.4, -0.2) is 76.4 Å². The predicted octanol–water partition coefficient (Wildman–Crippen LogP) is 3.37. The number of morpholine rings is 1. The first-order valence-corrected chi connectivity index (χ1v) is 12.3. The van der Waals surface area contributed by atoms with E-state index in [1.165, 1.54) is 12.1 Å². The van der Waals surface area contributed by atoms with Crippen LogP contribution in [0.15, 0.2) is 36.5 Å². The summed E-state index contributed by atoms with van der Waals surface area (Å²) in [6, 6.07) is 8.00. The number of rotatable bonds is 6. The Morgan fingerprint density at radius 3 is 2.51 bits per heavy atom. The first-order valence-electron chi connectivity index (χ1n) is 12.3. The lowest BCUT2D eigenvalue weighted by Gasteiger charge is -2.39. The van der Waals surface area contributed by atoms with Crippen molar-refractivity contribution in [1.29, 1.82) is 0 Å². The molecule has 0 saturated carbocycles. The first-order chi connectivity index (χ1) is 17.8. The molecule has 1 amide bonds. The summed E-state index contributed by atoms with van der Waals surface area (Å²) in [4.78, 5) is 31.6. The summed E-state index contributed by atoms with van der Waals surface area (Å²) < 4.78 is 36.7. The maximum atomic E-state index is 13.6. The molecule has 0 radical (unpaired) electrons. The molecule has 0 unspecified atom stereocenters. The van der Waals surface area contributed by atoms with Gasteiger partial charge in [-0.1, -0.05) is 0 Å². The Bertz CT molecular complexity index is 1230. The molecule has 196 valence electrons. The molecule has 4 heterocycles. The molecule has 1 N–H and O–H groups in total. The van der Waals surface area contributed by atoms with Crippen molar-refractivity contribution in [2.75, 3.05) is 39.5 Å². The molecule has 10 nitrogen and oxygen atoms in total. The van der Waals surface area contributed by atoms with Gasteiger partial charge in [0.25, 0.3) is 0 Å². The molecule has 1 aromatic carbocycles. The fourth-order valence-electron chi connectivity index (χ4n) is 4.29. The zero-order chi connectivity index (χ0) is 26.0. The number of H-pyrrole nitrogens is 1. The lowest BCUT2D eigenvalue weighted by Crippen LogP contribution is -2.53. The van der Waals surface area contributed by atoms with Crippen molar-refractivity contribution in [2.45, 2.75) is 33.2 Å². The van der Waals surface area contributed by atoms with Gasteiger partial charge in [-0.2, -0.15) is 4.98 Å². The molecule has 37 heavy (non-hydrogen) atoms. The third-order valence-electron chi connectivity index (χ3n) is 6.21. The second-order valence-corrected chi connectivity index (χ2v) is 9.66. The Labute approximate surface area is 214 Å². The van der Waals surface area contributed by atoms with Gasteiger partial charge in [0.2, 0.25) is 12.2 Å². The van der Waals surface area contributed by atoms with Gasteiger partial charge in [0.05, 0.1) is 55.0 Å². The van der Waals surface area contributed by atoms with E-state index in [2.05, 4.69) is 15.0 Å². The van der Waals surface area contributed by atoms with Crippen molar-refractivity contribution in [3.8, 4) is 28.7 Å². The van der Waals surface area contributed by atoms with E-state index in [0.717, 1.165) is 0 Å². The normalized spacial score (nSPS) is 22.3. The Morgan fingerprint density at radius 1 is 1.14 bits per heavy atom. The summed E-state index contributed by atoms with van der Waals surface area (Å²) in [5, 5.41) is 0. The van der Waals surface area contributed by atoms with Gasteiger partial charge in [-0.25, -0.2) is 14.4 Å². The molecule has 2 aliphatic rings. The molecule has 2 saturated heterocycles. The van der Waals surface area contributed by atoms with Crippen LogP contribution in [0, 0.1) is 11.2 Å². The number of halogens is 1. The predicted molar refractivity (Wildman–Crippen MR) is 131 cm³/mol. The first kappa shape index (κ1) is 25.2. The molecular weight excluding hydrogens is 481 g/mol. The average molecular weight is 512 g/mol. The Kier molecular flexibility index (Phi) is 7.18. The summed E-state index contributed by atoms with van der Waals surface area (Å²) in [5.41, 5.74) is 1.56. The van der Waals surface area contributed by atoms with Gasteiger partial charge in [0, 0.05) is 24.8 Å². The standard InChI is InChI=1S/C26H30FN5O5/c1-16(2)37-25-28-9-8-19(29-25)21-20(17-4-6-18(27)7-5-17)30-22(31-21)23-35-14-26(3,15-36-23)24(33)32-10-12-34-13-11-32/h4-9,16,23H,10-15H2,1-3H3,(H,30,31). The molecule has 3 aromatic rings. The quantitative estimate of drug-likeness (QED) is 0.536. The lowest BCUT2D eigenvalue weighted by atomic mass is 9.90. The number of aromatic nitrogens is 4. The third-order valence-corrected chi connectivity index (χ3v) is 6.21. The summed E-state index contributed by atoms with van der Waals surface area (Å²) in [7, 11) is 0. The molecule has 2 fully saturated rings. The number of aromatic amines is 1. The van der Waals surface area contributed by atoms with Crippen molar-refractivity contribution in [2.24, 2.45) is 5.41 Å². The van der Waals surface area contributed by atoms with E-state index >= 15 is 0 Å². The van der Waals surface area contributed by atoms with Crippen LogP contribution in [0.4, 0.5) is 4.39 Å². The zero-order valence-electron chi connectivity index (χ0n) is 21.1. The summed E-state index contributed by atoms with van der Waals surface area (Å²) >= 11 is 0. The number of carbonyl (C=O) groups is 1. The van der Waals surface area contributed by atoms with Crippen LogP contribution < -0.4 is 4.74 Å². The summed E-state index contributed by atoms with van der Waals surface area (Å²) in [5.74, 6) is 0.0547. The summed E-state index contributed by atoms with van der Waals surface area (Å²) in [6.07, 6.45) is 0.695. The number of carbonyl (C=O) groups excluding carboxylic acids is 1. The van der Waals surface area contributed by atoms with Crippen LogP contribution in [0.3, 0.4) is 0 Å². The van der Waals surface area contributed by atoms with Gasteiger partial charge in [-0.15, -0.1) is 0 Å². The molecule has 0 atom stereocenters. The van der Waals surface area contributed by atoms with E-state index in [-0.39, 0.29) is 37.1 Å². The second kappa shape index (κ2) is 10.5. The largest absolute Gasteiger partial charge is 0.461 e. The van der Waals surface area contributed by atoms with Crippen LogP contribution in [-0.2, 0) is 19.0 Å². The number of benzene rings is 1. The lowest BCUT2D eigenvalue weighted by molar-refractivity contribution is -0.235. The van der Waals surface area contributed by atoms with Crippen LogP contribution >= 0.6 is 0 Å². The fraction of sp³-hybridized carbons (Fsp3) is 0.462. The maximum Gasteiger partial charge on any atom is 0.317 e. The highest BCUT2D eigenvalue weighted by molar-refractivity contribution is 5.83. The number of ether oxygens (including phenoxy) is 4. The third kappa shape index (κ3) is 5.48. The minimum Gasteiger partial charge on any atom is -0.461 e. The highest BCUT2D eigenvalue weighted by Gasteiger charge is 2.43. The molecule has 5 rings (SSSR count). The van der Waals surface area contributed by atoms with E-state index in [0.29, 0.717) is 54.8 Å². The molecule has 2 aliphatic heterocycles. The Hall–Kier alpha value is -3.41. The number of amides is 1. The van der Waals surface area contributed by atoms with E-state index in [9.17, 15) is 9.18 Å². The van der Waals surface area contributed by atoms with Crippen LogP contribution in [0.25, 0.3) is 22.6 Å². The Morgan fingerprint density at radius 2 is 1.84 bits per heavy atom. The molecule has 0 spiro atoms. The highest BCUT2D eigenvalue weighted by atomic mass is 19.1. The topological polar surface area (TPSA) is 112 Å². The molecule has 0 aliphatic carbocycles. The number of hydrogen-bond donors (Lipinski definition) is 1. The fourth-order valence-corrected chi connectivity index (χ4v) is 4.29. The zero-order valence-corrected chi connectivity index (χ0v) is 21.1. The van der Waals surface area contributed by atoms with E-state index < -0.39 is 11.7 Å². The van der Waals surface area contributed by atoms with Gasteiger partial charge in [0.1, 0.15) is 5.82 Å². The minimum atomic E-state index is -0.813. The van der Waals surface area contributed by atoms with Crippen molar-refractivity contribution < 1.29 is 28.1 Å². The van der Waals surface area contributed by atoms with Crippen molar-refractivity contribution >= 4 is 5.91 Å². The number of hydrogen-bond acceptors (Lipinski definition) is 8. The van der Waals surface area contributed by atoms with Gasteiger partial charge in [-0.05, 0) is 51.1 Å². The van der Waals surface area contributed by atoms with E-state index in [1.54, 1.807) is 29.3 Å². The van der Waals surface area contributed by atoms with Crippen LogP contribution in [0.1, 0.15) is 32.9 Å². The van der Waals surface area contributed by atoms with Crippen LogP contribution in [0.2, 0.25) is 0 Å². The van der Waals surface area contributed by atoms with E-state index in [4.69, 9.17) is 23.9 Å². The second-order valence-electron chi connectivity index (χ2n) is 9.66. The average Bonchev–Trinajstić information content (AvgIpc) is 3.35. The Balaban J connectivity index is 1.41. The van der Waals surface area contributed by atoms with Gasteiger partial charge < -0.3 is 28.8 Å². The molecule has 11 heteroatoms. The van der Waals surface area contributed by atoms with E-state index in [1.807, 2.05) is 20.8 Å². The SMILES string of the molecule is CC(C)Oc1nccc(-c2[nH]c(C3OCC(C)(C(=O)N4CCOCC4)CO3)nc2-c2ccc(F)cc2)n1. The van der Waals surface area contributed by atoms with Crippen LogP contribution in [0.5, 0.6) is 6.01 Å². The molecule has 0 bridgehead atoms. The highest BCUT2D eigenvalue weighted by Crippen LogP contribution is 2.36. The monoisotopic (exact) mass is 511 g/mol. The van der Waals surface area contributed by atoms with Crippen molar-refractivity contribution in [1.82, 2.24) is 24.8 Å². The van der Waals surface area contributed by atoms with Gasteiger partial charge >= 0.3 is 6.01 Å². The number of imidazole rings is 1. The van der Waals surface area contributed by atoms with Crippen molar-refractivity contribution in [3.05, 3.63) is 48.2 Å². The number of nitrogens with zero attached hydrogens (tertiary/aromatic N) is 4. The van der Waals surface area contributed by atoms with Gasteiger partial charge in [0.15, 0.2) is 5.82 Å². The summed E-state index contributed by atoms with van der Waals surface area (Å²) in [6.45, 7) is 8.15. The molecule has 2 aromatic heterocycles. The number of nitrogens with one attached hydrogen (secondary N) is 1. The van der Waals surface area contributed by atoms with Crippen molar-refractivity contribution in [3.63, 3.8) is 0 Å². The molecular formula is C26H30FN5O5. The minimum absolute atomic E-state index is 0.0138. The van der Waals surface area contributed by atoms with Gasteiger partial charge in [-0.3, -0.25) is 4.79 Å².